The Hall–Kier alpha value is -1.20. The number of benzene rings is 1. The van der Waals surface area contributed by atoms with Gasteiger partial charge in [0.25, 0.3) is 0 Å². The van der Waals surface area contributed by atoms with Crippen LogP contribution in [0.25, 0.3) is 0 Å². The molecule has 0 saturated heterocycles. The van der Waals surface area contributed by atoms with Crippen molar-refractivity contribution in [2.45, 2.75) is 36.6 Å². The Morgan fingerprint density at radius 1 is 1.38 bits per heavy atom. The molecule has 1 aromatic carbocycles. The summed E-state index contributed by atoms with van der Waals surface area (Å²) in [6.45, 7) is 0.268. The van der Waals surface area contributed by atoms with Crippen LogP contribution in [0.1, 0.15) is 25.7 Å². The van der Waals surface area contributed by atoms with Gasteiger partial charge < -0.3 is 15.3 Å². The van der Waals surface area contributed by atoms with Crippen LogP contribution in [0.5, 0.6) is 0 Å². The number of urea groups is 1. The van der Waals surface area contributed by atoms with E-state index in [0.717, 1.165) is 36.3 Å². The maximum Gasteiger partial charge on any atom is 0.321 e. The zero-order valence-electron chi connectivity index (χ0n) is 12.7. The fraction of sp³-hybridized carbons (Fsp3) is 0.562. The maximum absolute atomic E-state index is 12.3. The van der Waals surface area contributed by atoms with E-state index in [1.807, 2.05) is 37.6 Å². The van der Waals surface area contributed by atoms with Gasteiger partial charge in [-0.1, -0.05) is 6.07 Å². The highest BCUT2D eigenvalue weighted by Crippen LogP contribution is 2.27. The fourth-order valence-electron chi connectivity index (χ4n) is 2.79. The molecule has 2 amide bonds. The van der Waals surface area contributed by atoms with Crippen molar-refractivity contribution in [3.05, 3.63) is 24.3 Å². The van der Waals surface area contributed by atoms with Crippen LogP contribution in [-0.2, 0) is 0 Å². The Bertz CT molecular complexity index is 473. The van der Waals surface area contributed by atoms with Crippen LogP contribution in [0, 0.1) is 5.92 Å². The van der Waals surface area contributed by atoms with Crippen LogP contribution in [-0.4, -0.2) is 42.0 Å². The number of carbonyl (C=O) groups is 1. The molecule has 1 fully saturated rings. The molecule has 0 aromatic heterocycles. The van der Waals surface area contributed by atoms with Crippen molar-refractivity contribution in [2.75, 3.05) is 25.2 Å². The molecule has 2 rings (SSSR count). The number of aliphatic hydroxyl groups is 1. The number of nitrogens with one attached hydrogen (secondary N) is 1. The monoisotopic (exact) mass is 308 g/mol. The molecular weight excluding hydrogens is 284 g/mol. The minimum Gasteiger partial charge on any atom is -0.396 e. The van der Waals surface area contributed by atoms with Crippen LogP contribution >= 0.6 is 11.8 Å². The highest BCUT2D eigenvalue weighted by molar-refractivity contribution is 7.98. The summed E-state index contributed by atoms with van der Waals surface area (Å²) >= 11 is 1.66. The van der Waals surface area contributed by atoms with Crippen LogP contribution in [0.3, 0.4) is 0 Å². The Balaban J connectivity index is 1.90. The lowest BCUT2D eigenvalue weighted by Gasteiger charge is -2.34. The van der Waals surface area contributed by atoms with Crippen molar-refractivity contribution in [1.29, 1.82) is 0 Å². The number of anilines is 1. The predicted octanol–water partition coefficient (Wildman–Crippen LogP) is 3.42. The van der Waals surface area contributed by atoms with Gasteiger partial charge in [0.1, 0.15) is 0 Å². The van der Waals surface area contributed by atoms with E-state index in [0.29, 0.717) is 5.92 Å². The van der Waals surface area contributed by atoms with E-state index < -0.39 is 0 Å². The van der Waals surface area contributed by atoms with Crippen molar-refractivity contribution in [3.63, 3.8) is 0 Å². The average molecular weight is 308 g/mol. The molecule has 0 unspecified atom stereocenters. The van der Waals surface area contributed by atoms with Gasteiger partial charge in [-0.05, 0) is 56.1 Å². The molecule has 116 valence electrons. The second-order valence-electron chi connectivity index (χ2n) is 5.63. The molecule has 21 heavy (non-hydrogen) atoms. The summed E-state index contributed by atoms with van der Waals surface area (Å²) in [5, 5.41) is 12.1. The smallest absolute Gasteiger partial charge is 0.321 e. The lowest BCUT2D eigenvalue weighted by Crippen LogP contribution is -2.42. The SMILES string of the molecule is CSc1cccc(NC(=O)N(C)C2CCC(CO)CC2)c1. The van der Waals surface area contributed by atoms with Crippen LogP contribution in [0.15, 0.2) is 29.2 Å². The highest BCUT2D eigenvalue weighted by atomic mass is 32.2. The Labute approximate surface area is 130 Å². The van der Waals surface area contributed by atoms with E-state index in [2.05, 4.69) is 5.32 Å². The first-order valence-electron chi connectivity index (χ1n) is 7.42. The van der Waals surface area contributed by atoms with Crippen LogP contribution in [0.4, 0.5) is 10.5 Å². The number of carbonyl (C=O) groups excluding carboxylic acids is 1. The molecular formula is C16H24N2O2S. The quantitative estimate of drug-likeness (QED) is 0.838. The first-order chi connectivity index (χ1) is 10.1. The van der Waals surface area contributed by atoms with Gasteiger partial charge in [0, 0.05) is 30.3 Å². The molecule has 5 heteroatoms. The number of nitrogens with zero attached hydrogens (tertiary/aromatic N) is 1. The van der Waals surface area contributed by atoms with Crippen molar-refractivity contribution in [1.82, 2.24) is 4.90 Å². The number of aliphatic hydroxyl groups excluding tert-OH is 1. The molecule has 2 N–H and O–H groups in total. The molecule has 0 aliphatic heterocycles. The first-order valence-corrected chi connectivity index (χ1v) is 8.65. The molecule has 4 nitrogen and oxygen atoms in total. The Morgan fingerprint density at radius 3 is 2.71 bits per heavy atom. The summed E-state index contributed by atoms with van der Waals surface area (Å²) < 4.78 is 0. The zero-order chi connectivity index (χ0) is 15.2. The van der Waals surface area contributed by atoms with Gasteiger partial charge in [0.15, 0.2) is 0 Å². The van der Waals surface area contributed by atoms with Gasteiger partial charge in [-0.2, -0.15) is 0 Å². The second kappa shape index (κ2) is 7.71. The normalized spacial score (nSPS) is 21.9. The van der Waals surface area contributed by atoms with Crippen molar-refractivity contribution >= 4 is 23.5 Å². The number of hydrogen-bond acceptors (Lipinski definition) is 3. The van der Waals surface area contributed by atoms with E-state index >= 15 is 0 Å². The third-order valence-corrected chi connectivity index (χ3v) is 4.99. The van der Waals surface area contributed by atoms with Crippen LogP contribution < -0.4 is 5.32 Å². The molecule has 0 atom stereocenters. The lowest BCUT2D eigenvalue weighted by atomic mass is 9.86. The van der Waals surface area contributed by atoms with Crippen molar-refractivity contribution in [2.24, 2.45) is 5.92 Å². The van der Waals surface area contributed by atoms with E-state index in [-0.39, 0.29) is 18.7 Å². The molecule has 1 aliphatic rings. The summed E-state index contributed by atoms with van der Waals surface area (Å²) in [7, 11) is 1.86. The molecule has 1 saturated carbocycles. The number of amides is 2. The topological polar surface area (TPSA) is 52.6 Å². The molecule has 0 spiro atoms. The minimum absolute atomic E-state index is 0.0549. The fourth-order valence-corrected chi connectivity index (χ4v) is 3.25. The molecule has 0 bridgehead atoms. The Morgan fingerprint density at radius 2 is 2.10 bits per heavy atom. The van der Waals surface area contributed by atoms with E-state index in [9.17, 15) is 9.90 Å². The summed E-state index contributed by atoms with van der Waals surface area (Å²) in [4.78, 5) is 15.3. The summed E-state index contributed by atoms with van der Waals surface area (Å²) in [5.41, 5.74) is 0.836. The van der Waals surface area contributed by atoms with Crippen LogP contribution in [0.2, 0.25) is 0 Å². The first kappa shape index (κ1) is 16.2. The number of hydrogen-bond donors (Lipinski definition) is 2. The summed E-state index contributed by atoms with van der Waals surface area (Å²) in [6.07, 6.45) is 5.97. The zero-order valence-corrected chi connectivity index (χ0v) is 13.5. The molecule has 0 radical (unpaired) electrons. The van der Waals surface area contributed by atoms with E-state index in [1.165, 1.54) is 0 Å². The van der Waals surface area contributed by atoms with Gasteiger partial charge in [-0.3, -0.25) is 0 Å². The number of rotatable bonds is 4. The third kappa shape index (κ3) is 4.38. The molecule has 1 aliphatic carbocycles. The van der Waals surface area contributed by atoms with Gasteiger partial charge in [0.05, 0.1) is 0 Å². The standard InChI is InChI=1S/C16H24N2O2S/c1-18(14-8-6-12(11-19)7-9-14)16(20)17-13-4-3-5-15(10-13)21-2/h3-5,10,12,14,19H,6-9,11H2,1-2H3,(H,17,20). The summed E-state index contributed by atoms with van der Waals surface area (Å²) in [6, 6.07) is 8.10. The minimum atomic E-state index is -0.0549. The third-order valence-electron chi connectivity index (χ3n) is 4.26. The largest absolute Gasteiger partial charge is 0.396 e. The average Bonchev–Trinajstić information content (AvgIpc) is 2.54. The lowest BCUT2D eigenvalue weighted by molar-refractivity contribution is 0.139. The summed E-state index contributed by atoms with van der Waals surface area (Å²) in [5.74, 6) is 0.413. The second-order valence-corrected chi connectivity index (χ2v) is 6.51. The van der Waals surface area contributed by atoms with Crippen molar-refractivity contribution in [3.8, 4) is 0 Å². The highest BCUT2D eigenvalue weighted by Gasteiger charge is 2.26. The van der Waals surface area contributed by atoms with Gasteiger partial charge in [-0.15, -0.1) is 11.8 Å². The maximum atomic E-state index is 12.3. The van der Waals surface area contributed by atoms with Gasteiger partial charge in [0.2, 0.25) is 0 Å². The van der Waals surface area contributed by atoms with E-state index in [4.69, 9.17) is 0 Å². The molecule has 0 heterocycles. The van der Waals surface area contributed by atoms with Gasteiger partial charge >= 0.3 is 6.03 Å². The van der Waals surface area contributed by atoms with Crippen molar-refractivity contribution < 1.29 is 9.90 Å². The predicted molar refractivity (Wildman–Crippen MR) is 87.8 cm³/mol. The van der Waals surface area contributed by atoms with Gasteiger partial charge in [-0.25, -0.2) is 4.79 Å². The number of thioether (sulfide) groups is 1. The molecule has 1 aromatic rings. The van der Waals surface area contributed by atoms with E-state index in [1.54, 1.807) is 16.7 Å². The Kier molecular flexibility index (Phi) is 5.94.